The molecule has 0 atom stereocenters. The van der Waals surface area contributed by atoms with E-state index in [-0.39, 0.29) is 47.5 Å². The lowest BCUT2D eigenvalue weighted by atomic mass is 9.95. The van der Waals surface area contributed by atoms with Crippen LogP contribution in [0.5, 0.6) is 23.0 Å². The largest absolute Gasteiger partial charge is 0.619 e. The van der Waals surface area contributed by atoms with E-state index in [0.29, 0.717) is 155 Å². The predicted octanol–water partition coefficient (Wildman–Crippen LogP) is 9.56. The number of benzene rings is 4. The summed E-state index contributed by atoms with van der Waals surface area (Å²) in [6, 6.07) is 20.3. The third-order valence-corrected chi connectivity index (χ3v) is 15.8. The summed E-state index contributed by atoms with van der Waals surface area (Å²) in [6.45, 7) is 10.4. The Kier molecular flexibility index (Phi) is 15.7. The Morgan fingerprint density at radius 2 is 1.01 bits per heavy atom. The van der Waals surface area contributed by atoms with Crippen LogP contribution >= 0.6 is 46.4 Å². The van der Waals surface area contributed by atoms with Gasteiger partial charge in [0.05, 0.1) is 85.6 Å². The van der Waals surface area contributed by atoms with E-state index >= 15 is 0 Å². The first-order valence-corrected chi connectivity index (χ1v) is 28.0. The number of morpholine rings is 2. The number of fused-ring (bicyclic) bond motifs is 6. The minimum absolute atomic E-state index is 0.0313. The quantitative estimate of drug-likeness (QED) is 0.0955. The van der Waals surface area contributed by atoms with Gasteiger partial charge in [-0.2, -0.15) is 14.9 Å². The lowest BCUT2D eigenvalue weighted by Gasteiger charge is -2.41. The zero-order chi connectivity index (χ0) is 60.4. The molecule has 2 fully saturated rings. The van der Waals surface area contributed by atoms with Crippen molar-refractivity contribution in [2.75, 3.05) is 53.7 Å². The third kappa shape index (κ3) is 11.1. The molecule has 4 N–H and O–H groups in total. The van der Waals surface area contributed by atoms with Crippen LogP contribution in [0.15, 0.2) is 97.6 Å². The number of hydrogen-bond acceptors (Lipinski definition) is 14. The van der Waals surface area contributed by atoms with Crippen molar-refractivity contribution in [3.05, 3.63) is 157 Å². The number of amides is 4. The van der Waals surface area contributed by atoms with Crippen molar-refractivity contribution >= 4 is 70.0 Å². The second-order valence-electron chi connectivity index (χ2n) is 21.6. The van der Waals surface area contributed by atoms with Crippen molar-refractivity contribution in [2.24, 2.45) is 11.5 Å². The molecule has 12 rings (SSSR count). The molecular formula is C60H54Cl4N10O11. The summed E-state index contributed by atoms with van der Waals surface area (Å²) in [6.07, 6.45) is 5.43. The Bertz CT molecular complexity index is 4030. The smallest absolute Gasteiger partial charge is 0.275 e. The standard InChI is InChI=1S/C30H27Cl2N5O6.C30H27Cl2N5O5/c1-30(2)15-42-5-4-36(30)29(39)26-23-14-43-25-11-24(41-3)21(16-6-17(28(33)38)13-35(40)12-16)10-22(25)27(23)37(34-26)20-8-18(31)7-19(32)9-20;1-30(2)15-41-5-4-36(30)29(39)26-23-14-42-25-11-24(40-3)21(16-6-17(28(33)38)13-34-12-16)10-22(25)27(23)37(35-26)20-8-18(31)7-19(32)9-20/h6-13H,4-5,14-15H2,1-3H3,(H2,33,38);6-13H,4-5,14-15H2,1-3H3,(H2,33,38). The van der Waals surface area contributed by atoms with Gasteiger partial charge >= 0.3 is 0 Å². The predicted molar refractivity (Wildman–Crippen MR) is 316 cm³/mol. The number of primary amides is 2. The number of aromatic nitrogens is 6. The Labute approximate surface area is 506 Å². The first kappa shape index (κ1) is 58.3. The van der Waals surface area contributed by atoms with Crippen LogP contribution in [0.2, 0.25) is 20.1 Å². The maximum atomic E-state index is 14.1. The number of carbonyl (C=O) groups is 4. The van der Waals surface area contributed by atoms with E-state index in [4.69, 9.17) is 96.5 Å². The Morgan fingerprint density at radius 1 is 0.576 bits per heavy atom. The molecule has 0 aliphatic carbocycles. The van der Waals surface area contributed by atoms with E-state index in [1.807, 2.05) is 33.8 Å². The van der Waals surface area contributed by atoms with Crippen LogP contribution in [0, 0.1) is 5.21 Å². The number of nitrogens with zero attached hydrogens (tertiary/aromatic N) is 8. The van der Waals surface area contributed by atoms with E-state index in [9.17, 15) is 24.4 Å². The molecule has 4 aromatic carbocycles. The van der Waals surface area contributed by atoms with Crippen LogP contribution < -0.4 is 35.1 Å². The van der Waals surface area contributed by atoms with Gasteiger partial charge in [0.15, 0.2) is 23.8 Å². The fourth-order valence-corrected chi connectivity index (χ4v) is 11.9. The minimum atomic E-state index is -0.751. The van der Waals surface area contributed by atoms with Gasteiger partial charge in [0.2, 0.25) is 5.91 Å². The van der Waals surface area contributed by atoms with Crippen molar-refractivity contribution in [1.82, 2.24) is 34.3 Å². The highest BCUT2D eigenvalue weighted by atomic mass is 35.5. The molecule has 85 heavy (non-hydrogen) atoms. The van der Waals surface area contributed by atoms with Gasteiger partial charge in [-0.05, 0) is 88.4 Å². The summed E-state index contributed by atoms with van der Waals surface area (Å²) in [5.74, 6) is 0.0487. The molecule has 0 bridgehead atoms. The Balaban J connectivity index is 0.000000177. The van der Waals surface area contributed by atoms with Crippen LogP contribution in [0.25, 0.3) is 56.1 Å². The van der Waals surface area contributed by atoms with Crippen LogP contribution in [-0.2, 0) is 22.7 Å². The highest BCUT2D eigenvalue weighted by molar-refractivity contribution is 6.35. The van der Waals surface area contributed by atoms with E-state index in [1.54, 1.807) is 93.1 Å². The molecule has 25 heteroatoms. The zero-order valence-corrected chi connectivity index (χ0v) is 49.7. The van der Waals surface area contributed by atoms with Crippen molar-refractivity contribution in [3.8, 4) is 79.1 Å². The fraction of sp³-hybridized carbons (Fsp3) is 0.267. The number of ether oxygens (including phenoxy) is 6. The van der Waals surface area contributed by atoms with Crippen molar-refractivity contribution in [2.45, 2.75) is 52.0 Å². The molecule has 0 unspecified atom stereocenters. The molecule has 438 valence electrons. The van der Waals surface area contributed by atoms with E-state index in [2.05, 4.69) is 4.98 Å². The van der Waals surface area contributed by atoms with Crippen molar-refractivity contribution in [1.29, 1.82) is 0 Å². The van der Waals surface area contributed by atoms with Crippen molar-refractivity contribution < 1.29 is 52.3 Å². The lowest BCUT2D eigenvalue weighted by Crippen LogP contribution is -2.55. The van der Waals surface area contributed by atoms with Crippen LogP contribution in [0.4, 0.5) is 0 Å². The summed E-state index contributed by atoms with van der Waals surface area (Å²) < 4.78 is 38.8. The molecule has 0 spiro atoms. The number of carbonyl (C=O) groups excluding carboxylic acids is 4. The van der Waals surface area contributed by atoms with Crippen LogP contribution in [-0.4, -0.2) is 123 Å². The first-order valence-electron chi connectivity index (χ1n) is 26.5. The molecule has 4 aromatic heterocycles. The van der Waals surface area contributed by atoms with E-state index in [0.717, 1.165) is 6.20 Å². The third-order valence-electron chi connectivity index (χ3n) is 15.0. The summed E-state index contributed by atoms with van der Waals surface area (Å²) in [4.78, 5) is 59.7. The van der Waals surface area contributed by atoms with Gasteiger partial charge in [-0.3, -0.25) is 24.2 Å². The SMILES string of the molecule is COc1cc2c(cc1-c1cc(C(N)=O)c[n+]([O-])c1)-c1c(c(C(=O)N3CCOCC3(C)C)nn1-c1cc(Cl)cc(Cl)c1)CO2.COc1cc2c(cc1-c1cncc(C(N)=O)c1)-c1c(c(C(=O)N3CCOCC3(C)C)nn1-c1cc(Cl)cc(Cl)c1)CO2. The highest BCUT2D eigenvalue weighted by Gasteiger charge is 2.42. The maximum absolute atomic E-state index is 14.1. The number of rotatable bonds is 10. The van der Waals surface area contributed by atoms with Crippen LogP contribution in [0.3, 0.4) is 0 Å². The van der Waals surface area contributed by atoms with E-state index in [1.165, 1.54) is 25.6 Å². The molecule has 4 aliphatic rings. The number of methoxy groups -OCH3 is 2. The highest BCUT2D eigenvalue weighted by Crippen LogP contribution is 2.49. The summed E-state index contributed by atoms with van der Waals surface area (Å²) in [5.41, 5.74) is 17.6. The lowest BCUT2D eigenvalue weighted by molar-refractivity contribution is -0.604. The average molecular weight is 1230 g/mol. The molecule has 4 aliphatic heterocycles. The first-order chi connectivity index (χ1) is 40.5. The molecule has 8 heterocycles. The zero-order valence-electron chi connectivity index (χ0n) is 46.6. The molecular weight excluding hydrogens is 1180 g/mol. The van der Waals surface area contributed by atoms with Gasteiger partial charge in [0.1, 0.15) is 41.8 Å². The van der Waals surface area contributed by atoms with Gasteiger partial charge < -0.3 is 54.9 Å². The maximum Gasteiger partial charge on any atom is 0.275 e. The van der Waals surface area contributed by atoms with Gasteiger partial charge in [0, 0.05) is 96.7 Å². The second kappa shape index (κ2) is 22.9. The average Bonchev–Trinajstić information content (AvgIpc) is 1.74. The summed E-state index contributed by atoms with van der Waals surface area (Å²) >= 11 is 25.6. The van der Waals surface area contributed by atoms with Gasteiger partial charge in [0.25, 0.3) is 17.7 Å². The molecule has 21 nitrogen and oxygen atoms in total. The Morgan fingerprint density at radius 3 is 1.44 bits per heavy atom. The molecule has 0 saturated carbocycles. The van der Waals surface area contributed by atoms with Crippen molar-refractivity contribution in [3.63, 3.8) is 0 Å². The van der Waals surface area contributed by atoms with Gasteiger partial charge in [-0.15, -0.1) is 0 Å². The molecule has 2 saturated heterocycles. The second-order valence-corrected chi connectivity index (χ2v) is 23.4. The number of halogens is 4. The molecule has 0 radical (unpaired) electrons. The van der Waals surface area contributed by atoms with Gasteiger partial charge in [-0.1, -0.05) is 46.4 Å². The summed E-state index contributed by atoms with van der Waals surface area (Å²) in [5, 5.41) is 23.7. The number of pyridine rings is 2. The fourth-order valence-electron chi connectivity index (χ4n) is 10.9. The minimum Gasteiger partial charge on any atom is -0.619 e. The molecule has 4 amide bonds. The van der Waals surface area contributed by atoms with Crippen LogP contribution in [0.1, 0.15) is 80.5 Å². The Hall–Kier alpha value is -8.44. The monoisotopic (exact) mass is 1230 g/mol. The summed E-state index contributed by atoms with van der Waals surface area (Å²) in [7, 11) is 3.03. The number of nitrogens with two attached hydrogens (primary N) is 2. The topological polar surface area (TPSA) is 258 Å². The van der Waals surface area contributed by atoms with E-state index < -0.39 is 22.9 Å². The molecule has 8 aromatic rings. The van der Waals surface area contributed by atoms with Gasteiger partial charge in [-0.25, -0.2) is 9.36 Å². The number of hydrogen-bond donors (Lipinski definition) is 2. The normalized spacial score (nSPS) is 15.4.